The van der Waals surface area contributed by atoms with Crippen LogP contribution < -0.4 is 4.74 Å². The lowest BCUT2D eigenvalue weighted by molar-refractivity contribution is 0.0785. The van der Waals surface area contributed by atoms with Crippen molar-refractivity contribution in [2.24, 2.45) is 0 Å². The quantitative estimate of drug-likeness (QED) is 0.480. The van der Waals surface area contributed by atoms with Crippen molar-refractivity contribution in [1.29, 1.82) is 0 Å². The van der Waals surface area contributed by atoms with Crippen LogP contribution in [0.1, 0.15) is 15.9 Å². The molecule has 6 heteroatoms. The Bertz CT molecular complexity index is 1270. The third-order valence-electron chi connectivity index (χ3n) is 5.05. The molecular formula is C24H20N4O2. The number of aromatic amines is 1. The molecule has 4 rings (SSSR count). The maximum absolute atomic E-state index is 13.0. The van der Waals surface area contributed by atoms with Crippen LogP contribution in [0.3, 0.4) is 0 Å². The number of benzene rings is 3. The minimum Gasteiger partial charge on any atom is -0.496 e. The second-order valence-corrected chi connectivity index (χ2v) is 6.99. The summed E-state index contributed by atoms with van der Waals surface area (Å²) in [6, 6.07) is 18.7. The molecule has 6 nitrogen and oxygen atoms in total. The molecule has 0 saturated carbocycles. The average Bonchev–Trinajstić information content (AvgIpc) is 3.28. The molecule has 0 aliphatic rings. The van der Waals surface area contributed by atoms with Gasteiger partial charge in [-0.3, -0.25) is 9.89 Å². The van der Waals surface area contributed by atoms with Crippen molar-refractivity contribution in [3.63, 3.8) is 0 Å². The number of hydrogen-bond donors (Lipinski definition) is 1. The maximum Gasteiger partial charge on any atom is 0.254 e. The van der Waals surface area contributed by atoms with Gasteiger partial charge in [-0.15, -0.1) is 0 Å². The van der Waals surface area contributed by atoms with Gasteiger partial charge in [0.1, 0.15) is 5.75 Å². The van der Waals surface area contributed by atoms with Crippen molar-refractivity contribution in [2.45, 2.75) is 6.54 Å². The molecule has 0 unspecified atom stereocenters. The number of aromatic nitrogens is 2. The Labute approximate surface area is 174 Å². The molecular weight excluding hydrogens is 376 g/mol. The van der Waals surface area contributed by atoms with Crippen molar-refractivity contribution < 1.29 is 9.53 Å². The first-order valence-corrected chi connectivity index (χ1v) is 9.43. The van der Waals surface area contributed by atoms with E-state index in [1.165, 1.54) is 0 Å². The van der Waals surface area contributed by atoms with Gasteiger partial charge in [-0.05, 0) is 35.4 Å². The summed E-state index contributed by atoms with van der Waals surface area (Å²) in [6.07, 6.45) is 1.77. The molecule has 0 spiro atoms. The predicted octanol–water partition coefficient (Wildman–Crippen LogP) is 5.06. The van der Waals surface area contributed by atoms with E-state index in [9.17, 15) is 4.79 Å². The maximum atomic E-state index is 13.0. The van der Waals surface area contributed by atoms with Crippen LogP contribution in [0.25, 0.3) is 26.9 Å². The standard InChI is InChI=1S/C24H20N4O2/c1-25-20-9-5-6-16(12-20)21-11-10-17(13-22(21)30-3)24(29)28(2)15-19-8-4-7-18-14-26-27-23(18)19/h4-14H,15H2,2-3H3,(H,26,27). The van der Waals surface area contributed by atoms with Gasteiger partial charge in [-0.25, -0.2) is 4.85 Å². The van der Waals surface area contributed by atoms with Crippen LogP contribution in [0.5, 0.6) is 5.75 Å². The first kappa shape index (κ1) is 19.2. The number of H-pyrrole nitrogens is 1. The lowest BCUT2D eigenvalue weighted by Gasteiger charge is -2.19. The molecule has 0 bridgehead atoms. The lowest BCUT2D eigenvalue weighted by atomic mass is 10.0. The smallest absolute Gasteiger partial charge is 0.254 e. The summed E-state index contributed by atoms with van der Waals surface area (Å²) in [6.45, 7) is 7.66. The second kappa shape index (κ2) is 8.10. The highest BCUT2D eigenvalue weighted by atomic mass is 16.5. The minimum atomic E-state index is -0.105. The van der Waals surface area contributed by atoms with Crippen LogP contribution in [0.2, 0.25) is 0 Å². The van der Waals surface area contributed by atoms with E-state index in [0.29, 0.717) is 23.5 Å². The number of fused-ring (bicyclic) bond motifs is 1. The van der Waals surface area contributed by atoms with Crippen molar-refractivity contribution in [3.05, 3.63) is 89.4 Å². The van der Waals surface area contributed by atoms with E-state index >= 15 is 0 Å². The summed E-state index contributed by atoms with van der Waals surface area (Å²) in [7, 11) is 3.35. The monoisotopic (exact) mass is 396 g/mol. The number of rotatable bonds is 5. The van der Waals surface area contributed by atoms with E-state index in [1.807, 2.05) is 42.5 Å². The van der Waals surface area contributed by atoms with Crippen molar-refractivity contribution in [2.75, 3.05) is 14.2 Å². The lowest BCUT2D eigenvalue weighted by Crippen LogP contribution is -2.26. The summed E-state index contributed by atoms with van der Waals surface area (Å²) < 4.78 is 5.55. The van der Waals surface area contributed by atoms with Crippen LogP contribution in [0, 0.1) is 6.57 Å². The number of nitrogens with zero attached hydrogens (tertiary/aromatic N) is 3. The number of para-hydroxylation sites is 1. The Balaban J connectivity index is 1.61. The van der Waals surface area contributed by atoms with E-state index in [0.717, 1.165) is 27.6 Å². The summed E-state index contributed by atoms with van der Waals surface area (Å²) in [5.74, 6) is 0.485. The number of ether oxygens (including phenoxy) is 1. The predicted molar refractivity (Wildman–Crippen MR) is 117 cm³/mol. The molecule has 148 valence electrons. The van der Waals surface area contributed by atoms with Gasteiger partial charge in [-0.1, -0.05) is 36.4 Å². The van der Waals surface area contributed by atoms with Gasteiger partial charge >= 0.3 is 0 Å². The van der Waals surface area contributed by atoms with E-state index in [4.69, 9.17) is 11.3 Å². The molecule has 4 aromatic rings. The van der Waals surface area contributed by atoms with Crippen molar-refractivity contribution >= 4 is 22.5 Å². The van der Waals surface area contributed by atoms with Gasteiger partial charge in [0.25, 0.3) is 5.91 Å². The largest absolute Gasteiger partial charge is 0.496 e. The van der Waals surface area contributed by atoms with Gasteiger partial charge < -0.3 is 9.64 Å². The topological polar surface area (TPSA) is 62.6 Å². The second-order valence-electron chi connectivity index (χ2n) is 6.99. The summed E-state index contributed by atoms with van der Waals surface area (Å²) >= 11 is 0. The number of carbonyl (C=O) groups excluding carboxylic acids is 1. The first-order chi connectivity index (χ1) is 14.6. The number of hydrogen-bond acceptors (Lipinski definition) is 3. The molecule has 1 N–H and O–H groups in total. The van der Waals surface area contributed by atoms with Crippen molar-refractivity contribution in [3.8, 4) is 16.9 Å². The first-order valence-electron chi connectivity index (χ1n) is 9.43. The average molecular weight is 396 g/mol. The molecule has 0 radical (unpaired) electrons. The fourth-order valence-corrected chi connectivity index (χ4v) is 3.52. The zero-order valence-electron chi connectivity index (χ0n) is 16.7. The highest BCUT2D eigenvalue weighted by Gasteiger charge is 2.17. The van der Waals surface area contributed by atoms with Crippen LogP contribution in [0.15, 0.2) is 66.9 Å². The molecule has 0 atom stereocenters. The Morgan fingerprint density at radius 3 is 2.80 bits per heavy atom. The molecule has 30 heavy (non-hydrogen) atoms. The van der Waals surface area contributed by atoms with Gasteiger partial charge in [0.05, 0.1) is 25.4 Å². The number of carbonyl (C=O) groups is 1. The Kier molecular flexibility index (Phi) is 5.19. The zero-order chi connectivity index (χ0) is 21.1. The molecule has 0 aliphatic heterocycles. The molecule has 1 aromatic heterocycles. The summed E-state index contributed by atoms with van der Waals surface area (Å²) in [5.41, 5.74) is 4.74. The van der Waals surface area contributed by atoms with Gasteiger partial charge in [-0.2, -0.15) is 5.10 Å². The highest BCUT2D eigenvalue weighted by molar-refractivity contribution is 5.96. The SMILES string of the molecule is [C-]#[N+]c1cccc(-c2ccc(C(=O)N(C)Cc3cccc4cn[nH]c34)cc2OC)c1. The molecule has 0 saturated heterocycles. The summed E-state index contributed by atoms with van der Waals surface area (Å²) in [5, 5.41) is 8.09. The van der Waals surface area contributed by atoms with E-state index < -0.39 is 0 Å². The van der Waals surface area contributed by atoms with Crippen LogP contribution in [-0.2, 0) is 6.54 Å². The summed E-state index contributed by atoms with van der Waals surface area (Å²) in [4.78, 5) is 18.2. The Morgan fingerprint density at radius 1 is 1.17 bits per heavy atom. The minimum absolute atomic E-state index is 0.105. The molecule has 0 fully saturated rings. The Morgan fingerprint density at radius 2 is 2.00 bits per heavy atom. The fraction of sp³-hybridized carbons (Fsp3) is 0.125. The normalized spacial score (nSPS) is 10.6. The molecule has 1 heterocycles. The highest BCUT2D eigenvalue weighted by Crippen LogP contribution is 2.33. The fourth-order valence-electron chi connectivity index (χ4n) is 3.52. The van der Waals surface area contributed by atoms with Gasteiger partial charge in [0.2, 0.25) is 0 Å². The van der Waals surface area contributed by atoms with Crippen LogP contribution in [0.4, 0.5) is 5.69 Å². The molecule has 3 aromatic carbocycles. The van der Waals surface area contributed by atoms with Gasteiger partial charge in [0.15, 0.2) is 5.69 Å². The van der Waals surface area contributed by atoms with E-state index in [-0.39, 0.29) is 5.91 Å². The number of methoxy groups -OCH3 is 1. The molecule has 0 aliphatic carbocycles. The number of nitrogens with one attached hydrogen (secondary N) is 1. The molecule has 1 amide bonds. The number of amides is 1. The van der Waals surface area contributed by atoms with Gasteiger partial charge in [0, 0.05) is 30.1 Å². The zero-order valence-corrected chi connectivity index (χ0v) is 16.7. The van der Waals surface area contributed by atoms with E-state index in [2.05, 4.69) is 15.0 Å². The van der Waals surface area contributed by atoms with Crippen LogP contribution in [-0.4, -0.2) is 35.2 Å². The third-order valence-corrected chi connectivity index (χ3v) is 5.05. The van der Waals surface area contributed by atoms with Crippen LogP contribution >= 0.6 is 0 Å². The van der Waals surface area contributed by atoms with Crippen molar-refractivity contribution in [1.82, 2.24) is 15.1 Å². The third kappa shape index (κ3) is 3.61. The Hall–Kier alpha value is -4.11. The van der Waals surface area contributed by atoms with E-state index in [1.54, 1.807) is 43.5 Å².